The molecule has 1 aliphatic rings. The Labute approximate surface area is 228 Å². The molecule has 0 spiro atoms. The number of thiophene rings is 1. The van der Waals surface area contributed by atoms with Crippen LogP contribution >= 0.6 is 22.9 Å². The number of alkyl halides is 4. The number of rotatable bonds is 8. The Morgan fingerprint density at radius 3 is 2.18 bits per heavy atom. The molecule has 7 nitrogen and oxygen atoms in total. The van der Waals surface area contributed by atoms with E-state index in [9.17, 15) is 27.6 Å². The van der Waals surface area contributed by atoms with Crippen LogP contribution in [0.5, 0.6) is 0 Å². The highest BCUT2D eigenvalue weighted by molar-refractivity contribution is 7.10. The van der Waals surface area contributed by atoms with Crippen LogP contribution in [0, 0.1) is 0 Å². The Morgan fingerprint density at radius 1 is 1.03 bits per heavy atom. The topological polar surface area (TPSA) is 96.5 Å². The van der Waals surface area contributed by atoms with Crippen LogP contribution in [0.1, 0.15) is 73.3 Å². The van der Waals surface area contributed by atoms with Crippen molar-refractivity contribution in [2.24, 2.45) is 0 Å². The van der Waals surface area contributed by atoms with Crippen LogP contribution < -0.4 is 16.0 Å². The van der Waals surface area contributed by atoms with E-state index in [1.165, 1.54) is 23.5 Å². The number of hydrogen-bond acceptors (Lipinski definition) is 6. The number of ketones is 1. The lowest BCUT2D eigenvalue weighted by Gasteiger charge is -2.31. The Hall–Kier alpha value is -2.79. The summed E-state index contributed by atoms with van der Waals surface area (Å²) in [6.07, 6.45) is -2.81. The molecular formula is C26H31ClF3N3O4S. The van der Waals surface area contributed by atoms with Gasteiger partial charge in [-0.05, 0) is 70.0 Å². The zero-order valence-electron chi connectivity index (χ0n) is 21.3. The van der Waals surface area contributed by atoms with Gasteiger partial charge in [0.05, 0.1) is 17.0 Å². The van der Waals surface area contributed by atoms with Gasteiger partial charge in [0.2, 0.25) is 5.91 Å². The molecule has 1 saturated carbocycles. The van der Waals surface area contributed by atoms with Crippen molar-refractivity contribution in [3.63, 3.8) is 0 Å². The predicted octanol–water partition coefficient (Wildman–Crippen LogP) is 6.29. The largest absolute Gasteiger partial charge is 0.444 e. The van der Waals surface area contributed by atoms with E-state index in [0.29, 0.717) is 30.6 Å². The molecule has 2 amide bonds. The molecule has 38 heavy (non-hydrogen) atoms. The van der Waals surface area contributed by atoms with E-state index in [-0.39, 0.29) is 17.8 Å². The van der Waals surface area contributed by atoms with Gasteiger partial charge in [0.15, 0.2) is 5.78 Å². The number of nitrogens with one attached hydrogen (secondary N) is 3. The van der Waals surface area contributed by atoms with Gasteiger partial charge in [0.25, 0.3) is 0 Å². The predicted molar refractivity (Wildman–Crippen MR) is 141 cm³/mol. The molecule has 0 bridgehead atoms. The maximum Gasteiger partial charge on any atom is 0.417 e. The number of halogens is 4. The number of alkyl carbamates (subject to hydrolysis) is 1. The van der Waals surface area contributed by atoms with Crippen LogP contribution in [-0.4, -0.2) is 41.3 Å². The lowest BCUT2D eigenvalue weighted by Crippen LogP contribution is -2.46. The van der Waals surface area contributed by atoms with Crippen molar-refractivity contribution in [3.05, 3.63) is 51.7 Å². The van der Waals surface area contributed by atoms with Gasteiger partial charge in [0.1, 0.15) is 11.6 Å². The molecule has 1 aliphatic carbocycles. The van der Waals surface area contributed by atoms with Gasteiger partial charge in [-0.25, -0.2) is 4.79 Å². The second-order valence-electron chi connectivity index (χ2n) is 10.1. The summed E-state index contributed by atoms with van der Waals surface area (Å²) in [5.74, 6) is -1.97. The standard InChI is InChI=1S/C26H31ClF3N3O4S/c1-25(2,3)37-24(36)32-16-11-9-15(10-12-16)31-23(35)22(20-8-5-13-38-20)33-18-7-4-6-17(26(28,29)30)21(18)19(34)14-27/h4-8,13,15-16,22,33H,9-12,14H2,1-3H3,(H,31,35)(H,32,36). The molecule has 3 rings (SSSR count). The highest BCUT2D eigenvalue weighted by Crippen LogP contribution is 2.37. The fourth-order valence-electron chi connectivity index (χ4n) is 4.29. The van der Waals surface area contributed by atoms with Crippen molar-refractivity contribution in [1.29, 1.82) is 0 Å². The summed E-state index contributed by atoms with van der Waals surface area (Å²) in [5, 5.41) is 10.4. The smallest absolute Gasteiger partial charge is 0.417 e. The van der Waals surface area contributed by atoms with Gasteiger partial charge < -0.3 is 20.7 Å². The Morgan fingerprint density at radius 2 is 1.66 bits per heavy atom. The van der Waals surface area contributed by atoms with E-state index in [1.54, 1.807) is 38.3 Å². The number of hydrogen-bond donors (Lipinski definition) is 3. The monoisotopic (exact) mass is 573 g/mol. The first-order valence-electron chi connectivity index (χ1n) is 12.2. The SMILES string of the molecule is CC(C)(C)OC(=O)NC1CCC(NC(=O)C(Nc2cccc(C(F)(F)F)c2C(=O)CCl)c2cccs2)CC1. The highest BCUT2D eigenvalue weighted by Gasteiger charge is 2.37. The van der Waals surface area contributed by atoms with Gasteiger partial charge in [-0.2, -0.15) is 13.2 Å². The minimum Gasteiger partial charge on any atom is -0.444 e. The van der Waals surface area contributed by atoms with Crippen molar-refractivity contribution in [2.45, 2.75) is 76.4 Å². The van der Waals surface area contributed by atoms with E-state index < -0.39 is 52.6 Å². The zero-order valence-corrected chi connectivity index (χ0v) is 22.9. The molecule has 208 valence electrons. The molecule has 1 aromatic heterocycles. The second kappa shape index (κ2) is 12.4. The van der Waals surface area contributed by atoms with Crippen LogP contribution in [0.25, 0.3) is 0 Å². The molecule has 0 aliphatic heterocycles. The zero-order chi connectivity index (χ0) is 28.1. The second-order valence-corrected chi connectivity index (χ2v) is 11.3. The van der Waals surface area contributed by atoms with Crippen LogP contribution in [0.2, 0.25) is 0 Å². The van der Waals surface area contributed by atoms with Crippen LogP contribution in [-0.2, 0) is 15.7 Å². The van der Waals surface area contributed by atoms with E-state index in [0.717, 1.165) is 6.07 Å². The summed E-state index contributed by atoms with van der Waals surface area (Å²) in [5.41, 5.74) is -2.44. The molecule has 0 radical (unpaired) electrons. The number of amides is 2. The summed E-state index contributed by atoms with van der Waals surface area (Å²) in [7, 11) is 0. The number of carbonyl (C=O) groups excluding carboxylic acids is 3. The van der Waals surface area contributed by atoms with Gasteiger partial charge in [-0.1, -0.05) is 12.1 Å². The van der Waals surface area contributed by atoms with E-state index in [4.69, 9.17) is 16.3 Å². The van der Waals surface area contributed by atoms with E-state index in [1.807, 2.05) is 0 Å². The molecule has 1 unspecified atom stereocenters. The average molecular weight is 574 g/mol. The third-order valence-electron chi connectivity index (χ3n) is 5.95. The summed E-state index contributed by atoms with van der Waals surface area (Å²) < 4.78 is 46.3. The summed E-state index contributed by atoms with van der Waals surface area (Å²) in [6, 6.07) is 5.45. The van der Waals surface area contributed by atoms with Crippen LogP contribution in [0.15, 0.2) is 35.7 Å². The molecule has 1 aromatic carbocycles. The summed E-state index contributed by atoms with van der Waals surface area (Å²) in [6.45, 7) is 5.35. The van der Waals surface area contributed by atoms with Gasteiger partial charge in [-0.3, -0.25) is 9.59 Å². The molecule has 1 fully saturated rings. The third kappa shape index (κ3) is 8.10. The lowest BCUT2D eigenvalue weighted by molar-refractivity contribution is -0.137. The van der Waals surface area contributed by atoms with E-state index >= 15 is 0 Å². The molecular weight excluding hydrogens is 543 g/mol. The normalized spacial score (nSPS) is 18.8. The molecule has 1 atom stereocenters. The molecule has 2 aromatic rings. The van der Waals surface area contributed by atoms with Gasteiger partial charge in [-0.15, -0.1) is 22.9 Å². The third-order valence-corrected chi connectivity index (χ3v) is 7.13. The fraction of sp³-hybridized carbons (Fsp3) is 0.500. The summed E-state index contributed by atoms with van der Waals surface area (Å²) >= 11 is 6.89. The maximum atomic E-state index is 13.7. The van der Waals surface area contributed by atoms with Crippen molar-refractivity contribution in [1.82, 2.24) is 10.6 Å². The maximum absolute atomic E-state index is 13.7. The molecule has 0 saturated heterocycles. The minimum atomic E-state index is -4.78. The number of anilines is 1. The lowest BCUT2D eigenvalue weighted by atomic mass is 9.91. The number of Topliss-reactive ketones (excluding diaryl/α,β-unsaturated/α-hetero) is 1. The van der Waals surface area contributed by atoms with Crippen molar-refractivity contribution in [3.8, 4) is 0 Å². The van der Waals surface area contributed by atoms with Crippen molar-refractivity contribution in [2.75, 3.05) is 11.2 Å². The Kier molecular flexibility index (Phi) is 9.69. The first-order chi connectivity index (χ1) is 17.8. The first kappa shape index (κ1) is 29.8. The van der Waals surface area contributed by atoms with Crippen LogP contribution in [0.3, 0.4) is 0 Å². The van der Waals surface area contributed by atoms with Gasteiger partial charge in [0, 0.05) is 22.6 Å². The molecule has 3 N–H and O–H groups in total. The molecule has 12 heteroatoms. The number of benzene rings is 1. The quantitative estimate of drug-likeness (QED) is 0.255. The Bertz CT molecular complexity index is 1130. The van der Waals surface area contributed by atoms with Crippen molar-refractivity contribution < 1.29 is 32.3 Å². The van der Waals surface area contributed by atoms with Crippen LogP contribution in [0.4, 0.5) is 23.7 Å². The highest BCUT2D eigenvalue weighted by atomic mass is 35.5. The summed E-state index contributed by atoms with van der Waals surface area (Å²) in [4.78, 5) is 38.4. The van der Waals surface area contributed by atoms with Gasteiger partial charge >= 0.3 is 12.3 Å². The average Bonchev–Trinajstić information content (AvgIpc) is 3.35. The van der Waals surface area contributed by atoms with Crippen molar-refractivity contribution >= 4 is 46.4 Å². The first-order valence-corrected chi connectivity index (χ1v) is 13.6. The number of ether oxygens (including phenoxy) is 1. The number of carbonyl (C=O) groups is 3. The molecule has 1 heterocycles. The fourth-order valence-corrected chi connectivity index (χ4v) is 5.20. The Balaban J connectivity index is 1.73. The minimum absolute atomic E-state index is 0.0848. The van der Waals surface area contributed by atoms with E-state index in [2.05, 4.69) is 16.0 Å².